The molecule has 4 amide bonds. The maximum absolute atomic E-state index is 13.7. The van der Waals surface area contributed by atoms with E-state index >= 15 is 0 Å². The number of amidine groups is 1. The summed E-state index contributed by atoms with van der Waals surface area (Å²) in [6, 6.07) is 20.8. The van der Waals surface area contributed by atoms with Crippen molar-refractivity contribution in [3.8, 4) is 11.1 Å². The number of carboxylic acid groups (broad SMARTS) is 1. The number of imide groups is 1. The Bertz CT molecular complexity index is 1410. The van der Waals surface area contributed by atoms with Crippen molar-refractivity contribution in [3.63, 3.8) is 0 Å². The summed E-state index contributed by atoms with van der Waals surface area (Å²) < 4.78 is 0. The minimum Gasteiger partial charge on any atom is -0.481 e. The van der Waals surface area contributed by atoms with Gasteiger partial charge in [0.15, 0.2) is 0 Å². The number of urea groups is 1. The summed E-state index contributed by atoms with van der Waals surface area (Å²) in [5.41, 5.74) is 7.11. The fourth-order valence-electron chi connectivity index (χ4n) is 4.54. The van der Waals surface area contributed by atoms with Gasteiger partial charge in [0, 0.05) is 12.5 Å². The molecule has 0 saturated carbocycles. The second-order valence-corrected chi connectivity index (χ2v) is 9.13. The number of amides is 4. The number of aliphatic carboxylic acids is 1. The number of carbonyl (C=O) groups excluding carboxylic acids is 3. The topological polar surface area (TPSA) is 157 Å². The van der Waals surface area contributed by atoms with Crippen LogP contribution in [-0.2, 0) is 19.9 Å². The zero-order chi connectivity index (χ0) is 27.6. The number of hydrogen-bond acceptors (Lipinski definition) is 5. The lowest BCUT2D eigenvalue weighted by molar-refractivity contribution is -0.162. The molecule has 4 rings (SSSR count). The molecule has 2 unspecified atom stereocenters. The molecule has 38 heavy (non-hydrogen) atoms. The van der Waals surface area contributed by atoms with Crippen molar-refractivity contribution in [2.24, 2.45) is 5.73 Å². The molecule has 3 aromatic carbocycles. The van der Waals surface area contributed by atoms with E-state index in [1.54, 1.807) is 48.5 Å². The summed E-state index contributed by atoms with van der Waals surface area (Å²) >= 11 is 0. The van der Waals surface area contributed by atoms with E-state index in [1.807, 2.05) is 30.3 Å². The highest BCUT2D eigenvalue weighted by atomic mass is 16.4. The Labute approximate surface area is 219 Å². The van der Waals surface area contributed by atoms with Crippen LogP contribution in [0.5, 0.6) is 0 Å². The molecule has 5 N–H and O–H groups in total. The van der Waals surface area contributed by atoms with Crippen LogP contribution in [0, 0.1) is 5.41 Å². The van der Waals surface area contributed by atoms with Crippen molar-refractivity contribution in [2.75, 3.05) is 0 Å². The Morgan fingerprint density at radius 3 is 2.11 bits per heavy atom. The molecule has 0 aromatic heterocycles. The van der Waals surface area contributed by atoms with E-state index in [0.29, 0.717) is 21.7 Å². The summed E-state index contributed by atoms with van der Waals surface area (Å²) in [6.07, 6.45) is -0.536. The lowest BCUT2D eigenvalue weighted by Gasteiger charge is -2.35. The summed E-state index contributed by atoms with van der Waals surface area (Å²) in [5, 5.41) is 21.4. The summed E-state index contributed by atoms with van der Waals surface area (Å²) in [5.74, 6) is -2.78. The van der Waals surface area contributed by atoms with Gasteiger partial charge in [0.25, 0.3) is 5.91 Å². The second-order valence-electron chi connectivity index (χ2n) is 9.13. The number of nitrogens with one attached hydrogen (secondary N) is 2. The maximum atomic E-state index is 13.7. The summed E-state index contributed by atoms with van der Waals surface area (Å²) in [6.45, 7) is 2.67. The van der Waals surface area contributed by atoms with E-state index in [4.69, 9.17) is 11.1 Å². The SMILES string of the molecule is CC(=O)N(C(CC(=O)O)c1ccc(-c2ccccc2)cc1)N1C(=O)NC(C)(c2ccc(C(=N)N)cc2)C1=O. The third-order valence-electron chi connectivity index (χ3n) is 6.55. The first-order valence-electron chi connectivity index (χ1n) is 11.8. The van der Waals surface area contributed by atoms with Crippen LogP contribution in [0.15, 0.2) is 78.9 Å². The average molecular weight is 514 g/mol. The summed E-state index contributed by atoms with van der Waals surface area (Å²) in [7, 11) is 0. The van der Waals surface area contributed by atoms with Crippen LogP contribution in [0.1, 0.15) is 43.0 Å². The quantitative estimate of drug-likeness (QED) is 0.205. The highest BCUT2D eigenvalue weighted by Crippen LogP contribution is 2.35. The van der Waals surface area contributed by atoms with E-state index in [1.165, 1.54) is 13.8 Å². The van der Waals surface area contributed by atoms with Crippen LogP contribution in [-0.4, -0.2) is 44.8 Å². The zero-order valence-corrected chi connectivity index (χ0v) is 20.8. The van der Waals surface area contributed by atoms with Gasteiger partial charge in [-0.2, -0.15) is 5.01 Å². The molecule has 1 saturated heterocycles. The van der Waals surface area contributed by atoms with Crippen LogP contribution in [0.2, 0.25) is 0 Å². The number of carbonyl (C=O) groups is 4. The molecular formula is C28H27N5O5. The van der Waals surface area contributed by atoms with Gasteiger partial charge in [-0.25, -0.2) is 9.80 Å². The van der Waals surface area contributed by atoms with Crippen LogP contribution in [0.4, 0.5) is 4.79 Å². The van der Waals surface area contributed by atoms with E-state index in [9.17, 15) is 24.3 Å². The third-order valence-corrected chi connectivity index (χ3v) is 6.55. The smallest absolute Gasteiger partial charge is 0.344 e. The van der Waals surface area contributed by atoms with Gasteiger partial charge in [-0.05, 0) is 29.2 Å². The number of nitrogens with two attached hydrogens (primary N) is 1. The largest absolute Gasteiger partial charge is 0.481 e. The number of hydrogen-bond donors (Lipinski definition) is 4. The van der Waals surface area contributed by atoms with E-state index in [-0.39, 0.29) is 5.84 Å². The molecule has 0 aliphatic carbocycles. The van der Waals surface area contributed by atoms with E-state index in [0.717, 1.165) is 16.1 Å². The highest BCUT2D eigenvalue weighted by molar-refractivity contribution is 6.08. The second kappa shape index (κ2) is 10.2. The average Bonchev–Trinajstić information content (AvgIpc) is 3.12. The number of nitrogen functional groups attached to an aromatic ring is 1. The van der Waals surface area contributed by atoms with Gasteiger partial charge in [-0.15, -0.1) is 0 Å². The number of nitrogens with zero attached hydrogens (tertiary/aromatic N) is 2. The number of rotatable bonds is 8. The number of hydrazine groups is 1. The molecule has 3 aromatic rings. The first kappa shape index (κ1) is 26.1. The Hall–Kier alpha value is -4.99. The highest BCUT2D eigenvalue weighted by Gasteiger charge is 2.53. The molecule has 0 radical (unpaired) electrons. The van der Waals surface area contributed by atoms with E-state index in [2.05, 4.69) is 5.32 Å². The van der Waals surface area contributed by atoms with Crippen molar-refractivity contribution in [1.82, 2.24) is 15.3 Å². The molecule has 1 fully saturated rings. The Balaban J connectivity index is 1.71. The van der Waals surface area contributed by atoms with Crippen LogP contribution < -0.4 is 11.1 Å². The van der Waals surface area contributed by atoms with Gasteiger partial charge >= 0.3 is 12.0 Å². The normalized spacial score (nSPS) is 17.6. The summed E-state index contributed by atoms with van der Waals surface area (Å²) in [4.78, 5) is 51.6. The lowest BCUT2D eigenvalue weighted by atomic mass is 9.91. The molecule has 0 bridgehead atoms. The third kappa shape index (κ3) is 4.83. The van der Waals surface area contributed by atoms with Gasteiger partial charge in [-0.1, -0.05) is 78.9 Å². The van der Waals surface area contributed by atoms with Gasteiger partial charge < -0.3 is 16.2 Å². The molecular weight excluding hydrogens is 486 g/mol. The number of benzene rings is 3. The standard InChI is InChI=1S/C28H27N5O5/c1-17(34)32(23(16-24(35)36)20-10-8-19(9-11-20)18-6-4-3-5-7-18)33-26(37)28(2,31-27(33)38)22-14-12-21(13-15-22)25(29)30/h3-15,23H,16H2,1-2H3,(H3,29,30)(H,31,38)(H,35,36). The molecule has 194 valence electrons. The van der Waals surface area contributed by atoms with Crippen molar-refractivity contribution in [1.29, 1.82) is 5.41 Å². The number of carboxylic acids is 1. The Morgan fingerprint density at radius 1 is 1.00 bits per heavy atom. The van der Waals surface area contributed by atoms with Crippen molar-refractivity contribution in [3.05, 3.63) is 95.6 Å². The predicted molar refractivity (Wildman–Crippen MR) is 140 cm³/mol. The molecule has 10 heteroatoms. The van der Waals surface area contributed by atoms with Crippen LogP contribution in [0.3, 0.4) is 0 Å². The minimum absolute atomic E-state index is 0.150. The fraction of sp³-hybridized carbons (Fsp3) is 0.179. The van der Waals surface area contributed by atoms with Gasteiger partial charge in [0.05, 0.1) is 12.5 Å². The van der Waals surface area contributed by atoms with Gasteiger partial charge in [0.1, 0.15) is 11.4 Å². The minimum atomic E-state index is -1.54. The fourth-order valence-corrected chi connectivity index (χ4v) is 4.54. The van der Waals surface area contributed by atoms with Crippen molar-refractivity contribution >= 4 is 29.7 Å². The first-order chi connectivity index (χ1) is 18.0. The van der Waals surface area contributed by atoms with Gasteiger partial charge in [0.2, 0.25) is 5.91 Å². The Kier molecular flexibility index (Phi) is 6.98. The molecule has 1 aliphatic heterocycles. The van der Waals surface area contributed by atoms with Gasteiger partial charge in [-0.3, -0.25) is 19.8 Å². The van der Waals surface area contributed by atoms with Crippen molar-refractivity contribution < 1.29 is 24.3 Å². The molecule has 0 spiro atoms. The zero-order valence-electron chi connectivity index (χ0n) is 20.8. The monoisotopic (exact) mass is 513 g/mol. The lowest BCUT2D eigenvalue weighted by Crippen LogP contribution is -2.52. The molecule has 10 nitrogen and oxygen atoms in total. The molecule has 1 heterocycles. The van der Waals surface area contributed by atoms with Crippen LogP contribution in [0.25, 0.3) is 11.1 Å². The maximum Gasteiger partial charge on any atom is 0.344 e. The van der Waals surface area contributed by atoms with Crippen LogP contribution >= 0.6 is 0 Å². The predicted octanol–water partition coefficient (Wildman–Crippen LogP) is 3.38. The molecule has 1 aliphatic rings. The first-order valence-corrected chi connectivity index (χ1v) is 11.8. The van der Waals surface area contributed by atoms with E-state index < -0.39 is 41.8 Å². The van der Waals surface area contributed by atoms with Crippen molar-refractivity contribution in [2.45, 2.75) is 31.8 Å². The molecule has 2 atom stereocenters. The Morgan fingerprint density at radius 2 is 1.58 bits per heavy atom.